The molecule has 2 saturated heterocycles. The summed E-state index contributed by atoms with van der Waals surface area (Å²) in [6.45, 7) is 6.48. The number of piperidine rings is 1. The smallest absolute Gasteiger partial charge is 0.226 e. The fraction of sp³-hybridized carbons (Fsp3) is 0.571. The number of rotatable bonds is 3. The molecule has 26 heavy (non-hydrogen) atoms. The first-order chi connectivity index (χ1) is 12.6. The van der Waals surface area contributed by atoms with Crippen molar-refractivity contribution < 1.29 is 14.3 Å². The van der Waals surface area contributed by atoms with Crippen LogP contribution in [0.3, 0.4) is 0 Å². The number of ether oxygens (including phenoxy) is 2. The molecule has 0 saturated carbocycles. The lowest BCUT2D eigenvalue weighted by molar-refractivity contribution is -0.127. The van der Waals surface area contributed by atoms with Gasteiger partial charge >= 0.3 is 0 Å². The summed E-state index contributed by atoms with van der Waals surface area (Å²) in [6.07, 6.45) is 5.13. The maximum atomic E-state index is 12.9. The van der Waals surface area contributed by atoms with Crippen LogP contribution >= 0.6 is 0 Å². The van der Waals surface area contributed by atoms with Crippen LogP contribution in [0.15, 0.2) is 36.9 Å². The van der Waals surface area contributed by atoms with Crippen LogP contribution in [0.5, 0.6) is 5.75 Å². The highest BCUT2D eigenvalue weighted by Gasteiger charge is 2.44. The Bertz CT molecular complexity index is 682. The van der Waals surface area contributed by atoms with E-state index in [1.807, 2.05) is 18.2 Å². The molecule has 1 spiro atoms. The molecule has 1 aromatic carbocycles. The van der Waals surface area contributed by atoms with Crippen molar-refractivity contribution in [2.75, 3.05) is 26.7 Å². The molecule has 5 heteroatoms. The van der Waals surface area contributed by atoms with Gasteiger partial charge in [-0.3, -0.25) is 4.79 Å². The van der Waals surface area contributed by atoms with Crippen molar-refractivity contribution in [3.63, 3.8) is 0 Å². The Kier molecular flexibility index (Phi) is 4.76. The first-order valence-electron chi connectivity index (χ1n) is 9.61. The van der Waals surface area contributed by atoms with Gasteiger partial charge in [0, 0.05) is 31.7 Å². The van der Waals surface area contributed by atoms with Crippen molar-refractivity contribution in [2.24, 2.45) is 5.92 Å². The molecule has 1 amide bonds. The highest BCUT2D eigenvalue weighted by atomic mass is 16.5. The van der Waals surface area contributed by atoms with Gasteiger partial charge in [0.15, 0.2) is 0 Å². The summed E-state index contributed by atoms with van der Waals surface area (Å²) in [7, 11) is 2.15. The monoisotopic (exact) mass is 356 g/mol. The van der Waals surface area contributed by atoms with Crippen LogP contribution in [0.2, 0.25) is 0 Å². The lowest BCUT2D eigenvalue weighted by atomic mass is 9.80. The van der Waals surface area contributed by atoms with Crippen molar-refractivity contribution in [1.82, 2.24) is 10.2 Å². The number of nitrogens with one attached hydrogen (secondary N) is 1. The molecule has 4 rings (SSSR count). The highest BCUT2D eigenvalue weighted by molar-refractivity contribution is 5.80. The van der Waals surface area contributed by atoms with Crippen LogP contribution in [-0.2, 0) is 9.53 Å². The standard InChI is InChI=1S/C21H28N2O3/c1-3-18-16(8-13-25-18)20(24)22-17-14-21(9-11-23(2)12-10-21)26-19-7-5-4-6-15(17)19/h3-7,16-18H,1,8-14H2,2H3,(H,22,24)/t16-,17?,18+/m1/s1. The van der Waals surface area contributed by atoms with Crippen molar-refractivity contribution in [3.05, 3.63) is 42.5 Å². The Morgan fingerprint density at radius 3 is 2.88 bits per heavy atom. The third-order valence-electron chi connectivity index (χ3n) is 6.12. The van der Waals surface area contributed by atoms with E-state index in [1.165, 1.54) is 0 Å². The Morgan fingerprint density at radius 2 is 2.12 bits per heavy atom. The molecule has 1 aromatic rings. The Hall–Kier alpha value is -1.85. The van der Waals surface area contributed by atoms with E-state index in [0.29, 0.717) is 6.61 Å². The van der Waals surface area contributed by atoms with Gasteiger partial charge in [-0.05, 0) is 32.4 Å². The van der Waals surface area contributed by atoms with Crippen LogP contribution < -0.4 is 10.1 Å². The average molecular weight is 356 g/mol. The fourth-order valence-corrected chi connectivity index (χ4v) is 4.48. The lowest BCUT2D eigenvalue weighted by Gasteiger charge is -2.46. The number of hydrogen-bond donors (Lipinski definition) is 1. The number of carbonyl (C=O) groups is 1. The lowest BCUT2D eigenvalue weighted by Crippen LogP contribution is -2.52. The molecule has 3 heterocycles. The Labute approximate surface area is 155 Å². The van der Waals surface area contributed by atoms with Crippen LogP contribution in [0.1, 0.15) is 37.3 Å². The van der Waals surface area contributed by atoms with Crippen molar-refractivity contribution >= 4 is 5.91 Å². The number of hydrogen-bond acceptors (Lipinski definition) is 4. The van der Waals surface area contributed by atoms with Gasteiger partial charge in [0.05, 0.1) is 18.1 Å². The topological polar surface area (TPSA) is 50.8 Å². The zero-order valence-electron chi connectivity index (χ0n) is 15.4. The molecular weight excluding hydrogens is 328 g/mol. The normalized spacial score (nSPS) is 30.4. The molecule has 1 N–H and O–H groups in total. The second-order valence-electron chi connectivity index (χ2n) is 7.86. The third-order valence-corrected chi connectivity index (χ3v) is 6.12. The number of carbonyl (C=O) groups excluding carboxylic acids is 1. The predicted octanol–water partition coefficient (Wildman–Crippen LogP) is 2.68. The second-order valence-corrected chi connectivity index (χ2v) is 7.86. The van der Waals surface area contributed by atoms with E-state index in [-0.39, 0.29) is 29.6 Å². The molecule has 3 aliphatic heterocycles. The van der Waals surface area contributed by atoms with Crippen molar-refractivity contribution in [3.8, 4) is 5.75 Å². The van der Waals surface area contributed by atoms with Crippen molar-refractivity contribution in [1.29, 1.82) is 0 Å². The van der Waals surface area contributed by atoms with E-state index >= 15 is 0 Å². The van der Waals surface area contributed by atoms with E-state index in [1.54, 1.807) is 6.08 Å². The molecule has 5 nitrogen and oxygen atoms in total. The SMILES string of the molecule is C=C[C@@H]1OCC[C@H]1C(=O)NC1CC2(CCN(C)CC2)Oc2ccccc21. The van der Waals surface area contributed by atoms with Crippen molar-refractivity contribution in [2.45, 2.75) is 43.4 Å². The van der Waals surface area contributed by atoms with E-state index in [4.69, 9.17) is 9.47 Å². The minimum absolute atomic E-state index is 0.0121. The molecule has 0 radical (unpaired) electrons. The van der Waals surface area contributed by atoms with Crippen LogP contribution in [0, 0.1) is 5.92 Å². The van der Waals surface area contributed by atoms with E-state index in [2.05, 4.69) is 29.9 Å². The maximum absolute atomic E-state index is 12.9. The van der Waals surface area contributed by atoms with Gasteiger partial charge in [-0.2, -0.15) is 0 Å². The number of likely N-dealkylation sites (tertiary alicyclic amines) is 1. The number of fused-ring (bicyclic) bond motifs is 1. The Morgan fingerprint density at radius 1 is 1.35 bits per heavy atom. The molecule has 2 fully saturated rings. The number of amides is 1. The maximum Gasteiger partial charge on any atom is 0.226 e. The summed E-state index contributed by atoms with van der Waals surface area (Å²) in [6, 6.07) is 8.10. The van der Waals surface area contributed by atoms with Gasteiger partial charge in [0.2, 0.25) is 5.91 Å². The summed E-state index contributed by atoms with van der Waals surface area (Å²) >= 11 is 0. The minimum Gasteiger partial charge on any atom is -0.487 e. The molecule has 3 aliphatic rings. The van der Waals surface area contributed by atoms with Gasteiger partial charge in [0.25, 0.3) is 0 Å². The molecular formula is C21H28N2O3. The first kappa shape index (κ1) is 17.6. The first-order valence-corrected chi connectivity index (χ1v) is 9.61. The number of para-hydroxylation sites is 1. The summed E-state index contributed by atoms with van der Waals surface area (Å²) in [4.78, 5) is 15.3. The molecule has 0 bridgehead atoms. The predicted molar refractivity (Wildman–Crippen MR) is 100 cm³/mol. The summed E-state index contributed by atoms with van der Waals surface area (Å²) in [5.41, 5.74) is 0.905. The van der Waals surface area contributed by atoms with Crippen LogP contribution in [-0.4, -0.2) is 49.3 Å². The van der Waals surface area contributed by atoms with Gasteiger partial charge in [-0.15, -0.1) is 6.58 Å². The zero-order chi connectivity index (χ0) is 18.1. The Balaban J connectivity index is 1.56. The summed E-state index contributed by atoms with van der Waals surface area (Å²) in [5.74, 6) is 0.838. The third kappa shape index (κ3) is 3.26. The summed E-state index contributed by atoms with van der Waals surface area (Å²) < 4.78 is 12.1. The molecule has 1 unspecified atom stereocenters. The zero-order valence-corrected chi connectivity index (χ0v) is 15.4. The van der Waals surface area contributed by atoms with Gasteiger partial charge in [-0.25, -0.2) is 0 Å². The van der Waals surface area contributed by atoms with Crippen LogP contribution in [0.4, 0.5) is 0 Å². The quantitative estimate of drug-likeness (QED) is 0.846. The highest BCUT2D eigenvalue weighted by Crippen LogP contribution is 2.44. The van der Waals surface area contributed by atoms with E-state index in [0.717, 1.165) is 50.1 Å². The van der Waals surface area contributed by atoms with E-state index < -0.39 is 0 Å². The average Bonchev–Trinajstić information content (AvgIpc) is 3.13. The van der Waals surface area contributed by atoms with Gasteiger partial charge < -0.3 is 19.7 Å². The van der Waals surface area contributed by atoms with E-state index in [9.17, 15) is 4.79 Å². The molecule has 0 aliphatic carbocycles. The fourth-order valence-electron chi connectivity index (χ4n) is 4.48. The molecule has 3 atom stereocenters. The summed E-state index contributed by atoms with van der Waals surface area (Å²) in [5, 5.41) is 3.30. The largest absolute Gasteiger partial charge is 0.487 e. The van der Waals surface area contributed by atoms with Crippen LogP contribution in [0.25, 0.3) is 0 Å². The number of benzene rings is 1. The van der Waals surface area contributed by atoms with Gasteiger partial charge in [-0.1, -0.05) is 24.3 Å². The molecule has 140 valence electrons. The second kappa shape index (κ2) is 7.05. The molecule has 0 aromatic heterocycles. The van der Waals surface area contributed by atoms with Gasteiger partial charge in [0.1, 0.15) is 11.4 Å². The number of nitrogens with zero attached hydrogens (tertiary/aromatic N) is 1. The minimum atomic E-state index is -0.178.